The highest BCUT2D eigenvalue weighted by molar-refractivity contribution is 7.89. The van der Waals surface area contributed by atoms with Gasteiger partial charge in [-0.15, -0.1) is 0 Å². The van der Waals surface area contributed by atoms with Crippen molar-refractivity contribution in [3.8, 4) is 6.07 Å². The molecule has 0 aromatic heterocycles. The van der Waals surface area contributed by atoms with Crippen molar-refractivity contribution in [2.75, 3.05) is 19.7 Å². The van der Waals surface area contributed by atoms with Gasteiger partial charge in [-0.2, -0.15) is 9.57 Å². The van der Waals surface area contributed by atoms with Gasteiger partial charge in [0.25, 0.3) is 0 Å². The van der Waals surface area contributed by atoms with Crippen molar-refractivity contribution in [3.63, 3.8) is 0 Å². The zero-order chi connectivity index (χ0) is 11.2. The normalized spacial score (nSPS) is 13.9. The van der Waals surface area contributed by atoms with Crippen LogP contribution in [0.1, 0.15) is 20.3 Å². The molecule has 0 aliphatic carbocycles. The number of nitriles is 1. The lowest BCUT2D eigenvalue weighted by Gasteiger charge is -2.21. The van der Waals surface area contributed by atoms with Crippen LogP contribution in [0.2, 0.25) is 0 Å². The van der Waals surface area contributed by atoms with Crippen molar-refractivity contribution in [2.45, 2.75) is 25.5 Å². The molecular formula is C8H16N2O3S. The van der Waals surface area contributed by atoms with Gasteiger partial charge in [-0.3, -0.25) is 0 Å². The number of hydrogen-bond donors (Lipinski definition) is 1. The molecule has 6 heteroatoms. The smallest absolute Gasteiger partial charge is 0.230 e. The Bertz CT molecular complexity index is 288. The molecule has 0 aromatic carbocycles. The maximum Gasteiger partial charge on any atom is 0.230 e. The Morgan fingerprint density at radius 1 is 1.50 bits per heavy atom. The van der Waals surface area contributed by atoms with Gasteiger partial charge in [0.05, 0.1) is 12.7 Å². The molecule has 0 heterocycles. The van der Waals surface area contributed by atoms with E-state index in [4.69, 9.17) is 10.4 Å². The molecule has 1 unspecified atom stereocenters. The molecule has 0 amide bonds. The second-order valence-corrected chi connectivity index (χ2v) is 5.19. The first-order chi connectivity index (χ1) is 6.50. The van der Waals surface area contributed by atoms with Crippen molar-refractivity contribution >= 4 is 10.0 Å². The molecule has 0 saturated heterocycles. The van der Waals surface area contributed by atoms with Crippen LogP contribution in [0.4, 0.5) is 0 Å². The quantitative estimate of drug-likeness (QED) is 0.679. The summed E-state index contributed by atoms with van der Waals surface area (Å²) in [6.45, 7) is 3.36. The zero-order valence-electron chi connectivity index (χ0n) is 8.47. The first-order valence-electron chi connectivity index (χ1n) is 4.50. The van der Waals surface area contributed by atoms with Gasteiger partial charge >= 0.3 is 0 Å². The van der Waals surface area contributed by atoms with Gasteiger partial charge < -0.3 is 5.11 Å². The summed E-state index contributed by atoms with van der Waals surface area (Å²) in [4.78, 5) is 0. The van der Waals surface area contributed by atoms with Crippen LogP contribution in [0, 0.1) is 11.3 Å². The second kappa shape index (κ2) is 5.96. The van der Waals surface area contributed by atoms with E-state index in [-0.39, 0.29) is 13.2 Å². The van der Waals surface area contributed by atoms with E-state index in [2.05, 4.69) is 0 Å². The topological polar surface area (TPSA) is 81.4 Å². The van der Waals surface area contributed by atoms with E-state index in [1.165, 1.54) is 6.92 Å². The second-order valence-electron chi connectivity index (χ2n) is 2.94. The summed E-state index contributed by atoms with van der Waals surface area (Å²) in [6, 6.07) is 1.69. The van der Waals surface area contributed by atoms with E-state index < -0.39 is 15.3 Å². The van der Waals surface area contributed by atoms with Crippen molar-refractivity contribution in [3.05, 3.63) is 0 Å². The van der Waals surface area contributed by atoms with Crippen LogP contribution >= 0.6 is 0 Å². The van der Waals surface area contributed by atoms with Crippen LogP contribution in [0.15, 0.2) is 0 Å². The standard InChI is InChI=1S/C8H16N2O3S/c1-3-4-10(5-6-11)14(12,13)8(2)7-9/h8,11H,3-6H2,1-2H3. The van der Waals surface area contributed by atoms with E-state index in [1.54, 1.807) is 6.07 Å². The summed E-state index contributed by atoms with van der Waals surface area (Å²) >= 11 is 0. The fourth-order valence-corrected chi connectivity index (χ4v) is 2.37. The molecule has 0 saturated carbocycles. The minimum atomic E-state index is -3.56. The van der Waals surface area contributed by atoms with Gasteiger partial charge in [-0.25, -0.2) is 8.42 Å². The molecule has 82 valence electrons. The van der Waals surface area contributed by atoms with Crippen LogP contribution in [0.5, 0.6) is 0 Å². The van der Waals surface area contributed by atoms with Crippen LogP contribution < -0.4 is 0 Å². The Balaban J connectivity index is 4.73. The third-order valence-corrected chi connectivity index (χ3v) is 3.89. The summed E-state index contributed by atoms with van der Waals surface area (Å²) in [5.74, 6) is 0. The maximum absolute atomic E-state index is 11.6. The largest absolute Gasteiger partial charge is 0.395 e. The highest BCUT2D eigenvalue weighted by Gasteiger charge is 2.27. The summed E-state index contributed by atoms with van der Waals surface area (Å²) in [5, 5.41) is 16.2. The monoisotopic (exact) mass is 220 g/mol. The Morgan fingerprint density at radius 2 is 2.07 bits per heavy atom. The number of rotatable bonds is 6. The van der Waals surface area contributed by atoms with E-state index in [9.17, 15) is 8.42 Å². The summed E-state index contributed by atoms with van der Waals surface area (Å²) < 4.78 is 24.4. The van der Waals surface area contributed by atoms with Gasteiger partial charge in [-0.05, 0) is 13.3 Å². The molecule has 5 nitrogen and oxygen atoms in total. The van der Waals surface area contributed by atoms with Crippen LogP contribution in [-0.2, 0) is 10.0 Å². The average Bonchev–Trinajstić information content (AvgIpc) is 2.16. The third-order valence-electron chi connectivity index (χ3n) is 1.81. The van der Waals surface area contributed by atoms with Gasteiger partial charge in [-0.1, -0.05) is 6.92 Å². The lowest BCUT2D eigenvalue weighted by Crippen LogP contribution is -2.39. The molecule has 0 rings (SSSR count). The number of hydrogen-bond acceptors (Lipinski definition) is 4. The zero-order valence-corrected chi connectivity index (χ0v) is 9.29. The van der Waals surface area contributed by atoms with Crippen molar-refractivity contribution < 1.29 is 13.5 Å². The number of sulfonamides is 1. The maximum atomic E-state index is 11.6. The van der Waals surface area contributed by atoms with Gasteiger partial charge in [0.1, 0.15) is 0 Å². The van der Waals surface area contributed by atoms with Crippen molar-refractivity contribution in [1.29, 1.82) is 5.26 Å². The van der Waals surface area contributed by atoms with Crippen LogP contribution in [0.3, 0.4) is 0 Å². The average molecular weight is 220 g/mol. The third kappa shape index (κ3) is 3.25. The molecule has 0 spiro atoms. The van der Waals surface area contributed by atoms with Gasteiger partial charge in [0.2, 0.25) is 10.0 Å². The summed E-state index contributed by atoms with van der Waals surface area (Å²) in [5.41, 5.74) is 0. The van der Waals surface area contributed by atoms with Gasteiger partial charge in [0, 0.05) is 13.1 Å². The predicted molar refractivity (Wildman–Crippen MR) is 52.9 cm³/mol. The minimum absolute atomic E-state index is 0.0577. The molecule has 0 fully saturated rings. The molecule has 0 radical (unpaired) electrons. The van der Waals surface area contributed by atoms with Crippen LogP contribution in [0.25, 0.3) is 0 Å². The Morgan fingerprint density at radius 3 is 2.43 bits per heavy atom. The fraction of sp³-hybridized carbons (Fsp3) is 0.875. The fourth-order valence-electron chi connectivity index (χ4n) is 1.02. The van der Waals surface area contributed by atoms with Crippen molar-refractivity contribution in [2.24, 2.45) is 0 Å². The first-order valence-corrected chi connectivity index (χ1v) is 6.00. The molecule has 1 atom stereocenters. The molecule has 0 aliphatic heterocycles. The van der Waals surface area contributed by atoms with Gasteiger partial charge in [0.15, 0.2) is 5.25 Å². The molecular weight excluding hydrogens is 204 g/mol. The Labute approximate surface area is 85.0 Å². The lowest BCUT2D eigenvalue weighted by atomic mass is 10.5. The molecule has 0 bridgehead atoms. The highest BCUT2D eigenvalue weighted by atomic mass is 32.2. The van der Waals surface area contributed by atoms with E-state index >= 15 is 0 Å². The molecule has 0 aromatic rings. The molecule has 1 N–H and O–H groups in total. The van der Waals surface area contributed by atoms with Crippen molar-refractivity contribution in [1.82, 2.24) is 4.31 Å². The lowest BCUT2D eigenvalue weighted by molar-refractivity contribution is 0.253. The first kappa shape index (κ1) is 13.4. The minimum Gasteiger partial charge on any atom is -0.395 e. The molecule has 0 aliphatic rings. The Hall–Kier alpha value is -0.640. The van der Waals surface area contributed by atoms with E-state index in [1.807, 2.05) is 6.92 Å². The molecule has 14 heavy (non-hydrogen) atoms. The number of aliphatic hydroxyl groups is 1. The highest BCUT2D eigenvalue weighted by Crippen LogP contribution is 2.08. The Kier molecular flexibility index (Phi) is 5.69. The SMILES string of the molecule is CCCN(CCO)S(=O)(=O)C(C)C#N. The predicted octanol–water partition coefficient (Wildman–Crippen LogP) is -0.0674. The summed E-state index contributed by atoms with van der Waals surface area (Å²) in [7, 11) is -3.56. The van der Waals surface area contributed by atoms with Crippen LogP contribution in [-0.4, -0.2) is 42.8 Å². The number of nitrogens with zero attached hydrogens (tertiary/aromatic N) is 2. The van der Waals surface area contributed by atoms with E-state index in [0.29, 0.717) is 13.0 Å². The summed E-state index contributed by atoms with van der Waals surface area (Å²) in [6.07, 6.45) is 0.664. The van der Waals surface area contributed by atoms with E-state index in [0.717, 1.165) is 4.31 Å². The number of aliphatic hydroxyl groups excluding tert-OH is 1.